The Morgan fingerprint density at radius 2 is 1.74 bits per heavy atom. The zero-order chi connectivity index (χ0) is 23.7. The molecule has 4 N–H and O–H groups in total. The van der Waals surface area contributed by atoms with Crippen molar-refractivity contribution in [3.63, 3.8) is 0 Å². The summed E-state index contributed by atoms with van der Waals surface area (Å²) < 4.78 is 0. The Labute approximate surface area is 205 Å². The summed E-state index contributed by atoms with van der Waals surface area (Å²) in [5, 5.41) is 1.07. The van der Waals surface area contributed by atoms with Crippen molar-refractivity contribution in [3.05, 3.63) is 42.1 Å². The summed E-state index contributed by atoms with van der Waals surface area (Å²) in [6.07, 6.45) is 6.89. The number of carbonyl (C=O) groups excluding carboxylic acids is 1. The number of nitrogens with zero attached hydrogens (tertiary/aromatic N) is 4. The van der Waals surface area contributed by atoms with E-state index in [1.807, 2.05) is 24.3 Å². The maximum absolute atomic E-state index is 12.9. The van der Waals surface area contributed by atoms with Crippen LogP contribution in [0, 0.1) is 11.8 Å². The van der Waals surface area contributed by atoms with Crippen molar-refractivity contribution in [2.75, 3.05) is 36.0 Å². The van der Waals surface area contributed by atoms with Crippen LogP contribution in [-0.2, 0) is 4.79 Å². The molecule has 7 rings (SSSR count). The smallest absolute Gasteiger partial charge is 0.226 e. The fourth-order valence-electron chi connectivity index (χ4n) is 5.80. The van der Waals surface area contributed by atoms with E-state index in [4.69, 9.17) is 16.5 Å². The van der Waals surface area contributed by atoms with E-state index in [0.29, 0.717) is 29.2 Å². The molecule has 0 bridgehead atoms. The summed E-state index contributed by atoms with van der Waals surface area (Å²) in [5.41, 5.74) is 17.6. The molecule has 4 fully saturated rings. The van der Waals surface area contributed by atoms with Crippen molar-refractivity contribution >= 4 is 34.1 Å². The topological polar surface area (TPSA) is 101 Å². The van der Waals surface area contributed by atoms with Gasteiger partial charge in [-0.25, -0.2) is 9.97 Å². The van der Waals surface area contributed by atoms with Crippen molar-refractivity contribution in [3.8, 4) is 11.1 Å². The molecule has 0 radical (unpaired) electrons. The van der Waals surface area contributed by atoms with E-state index >= 15 is 0 Å². The number of hydrogen-bond donors (Lipinski definition) is 2. The molecule has 7 nitrogen and oxygen atoms in total. The average Bonchev–Trinajstić information content (AvgIpc) is 3.72. The molecule has 1 aromatic carbocycles. The van der Waals surface area contributed by atoms with E-state index in [1.165, 1.54) is 12.8 Å². The van der Waals surface area contributed by atoms with Crippen LogP contribution < -0.4 is 16.4 Å². The van der Waals surface area contributed by atoms with Crippen LogP contribution in [0.4, 0.5) is 17.3 Å². The molecule has 35 heavy (non-hydrogen) atoms. The lowest BCUT2D eigenvalue weighted by atomic mass is 9.96. The van der Waals surface area contributed by atoms with Gasteiger partial charge in [0.25, 0.3) is 0 Å². The monoisotopic (exact) mass is 468 g/mol. The Morgan fingerprint density at radius 3 is 2.49 bits per heavy atom. The Hall–Kier alpha value is -3.35. The van der Waals surface area contributed by atoms with Gasteiger partial charge < -0.3 is 21.3 Å². The highest BCUT2D eigenvalue weighted by Crippen LogP contribution is 2.47. The fourth-order valence-corrected chi connectivity index (χ4v) is 5.80. The second-order valence-electron chi connectivity index (χ2n) is 10.9. The lowest BCUT2D eigenvalue weighted by molar-refractivity contribution is -0.135. The SMILES string of the molecule is Nc1ccc2c(-c3cc(N)c(N4CCN(C(=O)C5CC5)[C@H](C5CC5)C4)nc3C3CC3)cccc2n1. The number of aromatic nitrogens is 2. The Morgan fingerprint density at radius 1 is 0.914 bits per heavy atom. The summed E-state index contributed by atoms with van der Waals surface area (Å²) >= 11 is 0. The number of carbonyl (C=O) groups is 1. The van der Waals surface area contributed by atoms with Gasteiger partial charge in [-0.3, -0.25) is 4.79 Å². The zero-order valence-corrected chi connectivity index (χ0v) is 20.0. The van der Waals surface area contributed by atoms with E-state index in [-0.39, 0.29) is 12.0 Å². The van der Waals surface area contributed by atoms with Crippen LogP contribution in [0.3, 0.4) is 0 Å². The molecule has 1 aliphatic heterocycles. The number of amides is 1. The van der Waals surface area contributed by atoms with Crippen molar-refractivity contribution in [2.45, 2.75) is 50.5 Å². The second-order valence-corrected chi connectivity index (χ2v) is 10.9. The third kappa shape index (κ3) is 3.77. The van der Waals surface area contributed by atoms with Crippen molar-refractivity contribution in [1.29, 1.82) is 0 Å². The Balaban J connectivity index is 1.25. The number of nitrogen functional groups attached to an aromatic ring is 2. The first-order valence-electron chi connectivity index (χ1n) is 13.1. The van der Waals surface area contributed by atoms with Gasteiger partial charge in [-0.2, -0.15) is 0 Å². The third-order valence-electron chi connectivity index (χ3n) is 8.16. The maximum atomic E-state index is 12.9. The molecule has 1 saturated heterocycles. The molecule has 4 aliphatic rings. The van der Waals surface area contributed by atoms with Crippen LogP contribution in [0.1, 0.15) is 50.1 Å². The molecule has 3 aromatic rings. The van der Waals surface area contributed by atoms with Crippen LogP contribution >= 0.6 is 0 Å². The summed E-state index contributed by atoms with van der Waals surface area (Å²) in [7, 11) is 0. The summed E-state index contributed by atoms with van der Waals surface area (Å²) in [6, 6.07) is 12.5. The molecule has 1 amide bonds. The van der Waals surface area contributed by atoms with Crippen LogP contribution in [0.25, 0.3) is 22.0 Å². The number of pyridine rings is 2. The molecule has 180 valence electrons. The Bertz CT molecular complexity index is 1330. The molecule has 2 aromatic heterocycles. The average molecular weight is 469 g/mol. The number of nitrogens with two attached hydrogens (primary N) is 2. The molecule has 3 heterocycles. The summed E-state index contributed by atoms with van der Waals surface area (Å²) in [6.45, 7) is 2.40. The highest BCUT2D eigenvalue weighted by atomic mass is 16.2. The van der Waals surface area contributed by atoms with E-state index in [0.717, 1.165) is 78.9 Å². The third-order valence-corrected chi connectivity index (χ3v) is 8.16. The summed E-state index contributed by atoms with van der Waals surface area (Å²) in [4.78, 5) is 27.2. The predicted octanol–water partition coefficient (Wildman–Crippen LogP) is 4.18. The first kappa shape index (κ1) is 21.0. The molecular weight excluding hydrogens is 436 g/mol. The molecule has 1 atom stereocenters. The first-order chi connectivity index (χ1) is 17.1. The van der Waals surface area contributed by atoms with Crippen molar-refractivity contribution in [1.82, 2.24) is 14.9 Å². The van der Waals surface area contributed by atoms with Crippen molar-refractivity contribution < 1.29 is 4.79 Å². The van der Waals surface area contributed by atoms with Gasteiger partial charge >= 0.3 is 0 Å². The number of piperazine rings is 1. The number of anilines is 3. The lowest BCUT2D eigenvalue weighted by Crippen LogP contribution is -2.57. The van der Waals surface area contributed by atoms with Gasteiger partial charge in [0.05, 0.1) is 22.9 Å². The van der Waals surface area contributed by atoms with E-state index in [2.05, 4.69) is 26.9 Å². The standard InChI is InChI=1S/C28H32N6O/c29-22-14-21(19-2-1-3-23-20(19)10-11-25(30)31-23)26(17-6-7-17)32-27(22)33-12-13-34(28(35)18-8-9-18)24(15-33)16-4-5-16/h1-3,10-11,14,16-18,24H,4-9,12-13,15,29H2,(H2,30,31)/t24-/m0/s1. The minimum absolute atomic E-state index is 0.275. The summed E-state index contributed by atoms with van der Waals surface area (Å²) in [5.74, 6) is 3.16. The van der Waals surface area contributed by atoms with Gasteiger partial charge in [-0.05, 0) is 74.3 Å². The minimum atomic E-state index is 0.275. The van der Waals surface area contributed by atoms with Gasteiger partial charge in [-0.15, -0.1) is 0 Å². The lowest BCUT2D eigenvalue weighted by Gasteiger charge is -2.43. The normalized spacial score (nSPS) is 22.6. The van der Waals surface area contributed by atoms with Gasteiger partial charge in [0.1, 0.15) is 5.82 Å². The predicted molar refractivity (Wildman–Crippen MR) is 139 cm³/mol. The minimum Gasteiger partial charge on any atom is -0.396 e. The molecule has 3 saturated carbocycles. The van der Waals surface area contributed by atoms with Gasteiger partial charge in [0, 0.05) is 42.4 Å². The first-order valence-corrected chi connectivity index (χ1v) is 13.1. The molecule has 3 aliphatic carbocycles. The van der Waals surface area contributed by atoms with Crippen LogP contribution in [0.15, 0.2) is 36.4 Å². The quantitative estimate of drug-likeness (QED) is 0.583. The van der Waals surface area contributed by atoms with Crippen LogP contribution in [0.5, 0.6) is 0 Å². The van der Waals surface area contributed by atoms with Gasteiger partial charge in [0.2, 0.25) is 5.91 Å². The van der Waals surface area contributed by atoms with Gasteiger partial charge in [-0.1, -0.05) is 12.1 Å². The maximum Gasteiger partial charge on any atom is 0.226 e. The van der Waals surface area contributed by atoms with Crippen molar-refractivity contribution in [2.24, 2.45) is 11.8 Å². The molecule has 7 heteroatoms. The largest absolute Gasteiger partial charge is 0.396 e. The van der Waals surface area contributed by atoms with E-state index < -0.39 is 0 Å². The highest BCUT2D eigenvalue weighted by Gasteiger charge is 2.45. The van der Waals surface area contributed by atoms with Crippen LogP contribution in [0.2, 0.25) is 0 Å². The zero-order valence-electron chi connectivity index (χ0n) is 20.0. The second kappa shape index (κ2) is 7.83. The number of rotatable bonds is 5. The van der Waals surface area contributed by atoms with E-state index in [9.17, 15) is 4.79 Å². The van der Waals surface area contributed by atoms with Gasteiger partial charge in [0.15, 0.2) is 5.82 Å². The highest BCUT2D eigenvalue weighted by molar-refractivity contribution is 5.97. The fraction of sp³-hybridized carbons (Fsp3) is 0.464. The number of hydrogen-bond acceptors (Lipinski definition) is 6. The van der Waals surface area contributed by atoms with Crippen LogP contribution in [-0.4, -0.2) is 46.5 Å². The molecular formula is C28H32N6O. The number of fused-ring (bicyclic) bond motifs is 1. The van der Waals surface area contributed by atoms with E-state index in [1.54, 1.807) is 0 Å². The molecule has 0 spiro atoms. The Kier molecular flexibility index (Phi) is 4.69. The molecule has 0 unspecified atom stereocenters. The number of benzene rings is 1.